The van der Waals surface area contributed by atoms with Gasteiger partial charge in [0.05, 0.1) is 0 Å². The second-order valence-corrected chi connectivity index (χ2v) is 10.2. The number of nitrogen functional groups attached to an aromatic ring is 2. The van der Waals surface area contributed by atoms with E-state index in [1.807, 2.05) is 12.1 Å². The van der Waals surface area contributed by atoms with Crippen LogP contribution in [0.2, 0.25) is 0 Å². The van der Waals surface area contributed by atoms with Crippen molar-refractivity contribution in [2.24, 2.45) is 0 Å². The zero-order valence-corrected chi connectivity index (χ0v) is 21.9. The number of unbranched alkanes of at least 4 members (excludes halogenated alkanes) is 1. The lowest BCUT2D eigenvalue weighted by molar-refractivity contribution is 0.733. The van der Waals surface area contributed by atoms with E-state index in [4.69, 9.17) is 11.5 Å². The lowest BCUT2D eigenvalue weighted by Crippen LogP contribution is -1.97. The highest BCUT2D eigenvalue weighted by atomic mass is 14.5. The summed E-state index contributed by atoms with van der Waals surface area (Å²) in [5, 5.41) is 0. The molecule has 0 amide bonds. The van der Waals surface area contributed by atoms with Gasteiger partial charge in [-0.05, 0) is 134 Å². The Kier molecular flexibility index (Phi) is 8.84. The molecular weight excluding hydrogens is 436 g/mol. The van der Waals surface area contributed by atoms with Gasteiger partial charge in [-0.15, -0.1) is 0 Å². The number of rotatable bonds is 11. The van der Waals surface area contributed by atoms with Crippen molar-refractivity contribution in [1.29, 1.82) is 0 Å². The van der Waals surface area contributed by atoms with Gasteiger partial charge in [-0.1, -0.05) is 60.7 Å². The summed E-state index contributed by atoms with van der Waals surface area (Å²) in [6.07, 6.45) is 9.01. The average Bonchev–Trinajstić information content (AvgIpc) is 2.87. The molecule has 36 heavy (non-hydrogen) atoms. The van der Waals surface area contributed by atoms with Gasteiger partial charge < -0.3 is 11.5 Å². The Morgan fingerprint density at radius 2 is 0.750 bits per heavy atom. The molecule has 186 valence electrons. The molecule has 0 bridgehead atoms. The van der Waals surface area contributed by atoms with E-state index in [-0.39, 0.29) is 0 Å². The first-order chi connectivity index (χ1) is 17.5. The van der Waals surface area contributed by atoms with E-state index in [0.29, 0.717) is 0 Å². The molecular formula is C34H40N2. The number of hydrogen-bond donors (Lipinski definition) is 2. The first kappa shape index (κ1) is 25.6. The Bertz CT molecular complexity index is 1150. The summed E-state index contributed by atoms with van der Waals surface area (Å²) in [4.78, 5) is 0. The minimum Gasteiger partial charge on any atom is -0.399 e. The van der Waals surface area contributed by atoms with Crippen molar-refractivity contribution in [3.63, 3.8) is 0 Å². The van der Waals surface area contributed by atoms with Gasteiger partial charge in [0.25, 0.3) is 0 Å². The third-order valence-electron chi connectivity index (χ3n) is 7.33. The standard InChI is InChI=1S/C34H40N2/c1-25-23-33(35)21-19-31(25)17-15-29-11-7-27(8-12-29)5-3-4-6-28-9-13-30(14-10-28)16-18-32-20-22-34(36)24-26(32)2/h7-14,19-24H,3-6,15-18,35-36H2,1-2H3. The van der Waals surface area contributed by atoms with Crippen LogP contribution < -0.4 is 11.5 Å². The van der Waals surface area contributed by atoms with Crippen LogP contribution in [0, 0.1) is 13.8 Å². The molecule has 0 aliphatic heterocycles. The molecule has 0 fully saturated rings. The molecule has 4 aromatic rings. The summed E-state index contributed by atoms with van der Waals surface area (Å²) in [5.41, 5.74) is 24.5. The molecule has 2 heteroatoms. The lowest BCUT2D eigenvalue weighted by Gasteiger charge is -2.09. The first-order valence-electron chi connectivity index (χ1n) is 13.3. The quantitative estimate of drug-likeness (QED) is 0.173. The zero-order chi connectivity index (χ0) is 25.3. The minimum atomic E-state index is 0.845. The van der Waals surface area contributed by atoms with Crippen molar-refractivity contribution in [3.05, 3.63) is 129 Å². The molecule has 0 spiro atoms. The van der Waals surface area contributed by atoms with Crippen LogP contribution in [0.15, 0.2) is 84.9 Å². The maximum absolute atomic E-state index is 5.87. The Hall–Kier alpha value is -3.52. The second kappa shape index (κ2) is 12.4. The number of nitrogens with two attached hydrogens (primary N) is 2. The van der Waals surface area contributed by atoms with Gasteiger partial charge in [-0.2, -0.15) is 0 Å². The third kappa shape index (κ3) is 7.49. The predicted octanol–water partition coefficient (Wildman–Crippen LogP) is 7.60. The lowest BCUT2D eigenvalue weighted by atomic mass is 9.97. The molecule has 0 heterocycles. The molecule has 0 aliphatic carbocycles. The van der Waals surface area contributed by atoms with Crippen LogP contribution in [0.4, 0.5) is 11.4 Å². The van der Waals surface area contributed by atoms with E-state index < -0.39 is 0 Å². The summed E-state index contributed by atoms with van der Waals surface area (Å²) in [5.74, 6) is 0. The Balaban J connectivity index is 1.16. The van der Waals surface area contributed by atoms with E-state index >= 15 is 0 Å². The van der Waals surface area contributed by atoms with Gasteiger partial charge in [0, 0.05) is 11.4 Å². The summed E-state index contributed by atoms with van der Waals surface area (Å²) in [6.45, 7) is 4.29. The van der Waals surface area contributed by atoms with Gasteiger partial charge in [0.15, 0.2) is 0 Å². The summed E-state index contributed by atoms with van der Waals surface area (Å²) in [6, 6.07) is 30.9. The van der Waals surface area contributed by atoms with Crippen LogP contribution >= 0.6 is 0 Å². The van der Waals surface area contributed by atoms with Gasteiger partial charge in [0.1, 0.15) is 0 Å². The van der Waals surface area contributed by atoms with E-state index in [1.165, 1.54) is 57.3 Å². The molecule has 0 atom stereocenters. The average molecular weight is 477 g/mol. The second-order valence-electron chi connectivity index (χ2n) is 10.2. The summed E-state index contributed by atoms with van der Waals surface area (Å²) in [7, 11) is 0. The fourth-order valence-corrected chi connectivity index (χ4v) is 4.96. The van der Waals surface area contributed by atoms with Crippen LogP contribution in [0.5, 0.6) is 0 Å². The minimum absolute atomic E-state index is 0.845. The Morgan fingerprint density at radius 3 is 1.08 bits per heavy atom. The van der Waals surface area contributed by atoms with Crippen LogP contribution in [0.1, 0.15) is 57.3 Å². The Labute approximate surface area is 217 Å². The van der Waals surface area contributed by atoms with Crippen molar-refractivity contribution in [2.45, 2.75) is 65.2 Å². The molecule has 4 aromatic carbocycles. The van der Waals surface area contributed by atoms with Crippen molar-refractivity contribution in [3.8, 4) is 0 Å². The van der Waals surface area contributed by atoms with Crippen molar-refractivity contribution >= 4 is 11.4 Å². The van der Waals surface area contributed by atoms with E-state index in [9.17, 15) is 0 Å². The highest BCUT2D eigenvalue weighted by Gasteiger charge is 2.03. The molecule has 4 N–H and O–H groups in total. The van der Waals surface area contributed by atoms with Crippen LogP contribution in [0.25, 0.3) is 0 Å². The topological polar surface area (TPSA) is 52.0 Å². The number of aryl methyl sites for hydroxylation is 8. The first-order valence-corrected chi connectivity index (χ1v) is 13.3. The van der Waals surface area contributed by atoms with E-state index in [0.717, 1.165) is 49.9 Å². The predicted molar refractivity (Wildman–Crippen MR) is 156 cm³/mol. The van der Waals surface area contributed by atoms with Crippen molar-refractivity contribution in [1.82, 2.24) is 0 Å². The smallest absolute Gasteiger partial charge is 0.0316 e. The molecule has 0 radical (unpaired) electrons. The van der Waals surface area contributed by atoms with E-state index in [1.54, 1.807) is 0 Å². The van der Waals surface area contributed by atoms with Gasteiger partial charge >= 0.3 is 0 Å². The normalized spacial score (nSPS) is 11.1. The molecule has 2 nitrogen and oxygen atoms in total. The molecule has 4 rings (SSSR count). The van der Waals surface area contributed by atoms with Gasteiger partial charge in [-0.3, -0.25) is 0 Å². The van der Waals surface area contributed by atoms with Crippen molar-refractivity contribution in [2.75, 3.05) is 11.5 Å². The maximum atomic E-state index is 5.87. The largest absolute Gasteiger partial charge is 0.399 e. The van der Waals surface area contributed by atoms with E-state index in [2.05, 4.69) is 86.6 Å². The number of anilines is 2. The highest BCUT2D eigenvalue weighted by molar-refractivity contribution is 5.45. The monoisotopic (exact) mass is 476 g/mol. The molecule has 0 aromatic heterocycles. The van der Waals surface area contributed by atoms with Crippen LogP contribution in [0.3, 0.4) is 0 Å². The van der Waals surface area contributed by atoms with Crippen LogP contribution in [-0.4, -0.2) is 0 Å². The molecule has 0 saturated heterocycles. The fraction of sp³-hybridized carbons (Fsp3) is 0.294. The maximum Gasteiger partial charge on any atom is 0.0316 e. The summed E-state index contributed by atoms with van der Waals surface area (Å²) >= 11 is 0. The number of hydrogen-bond acceptors (Lipinski definition) is 2. The molecule has 0 saturated carbocycles. The Morgan fingerprint density at radius 1 is 0.417 bits per heavy atom. The highest BCUT2D eigenvalue weighted by Crippen LogP contribution is 2.18. The fourth-order valence-electron chi connectivity index (χ4n) is 4.96. The summed E-state index contributed by atoms with van der Waals surface area (Å²) < 4.78 is 0. The van der Waals surface area contributed by atoms with Crippen LogP contribution in [-0.2, 0) is 38.5 Å². The van der Waals surface area contributed by atoms with Crippen molar-refractivity contribution < 1.29 is 0 Å². The van der Waals surface area contributed by atoms with Gasteiger partial charge in [0.2, 0.25) is 0 Å². The molecule has 0 unspecified atom stereocenters. The third-order valence-corrected chi connectivity index (χ3v) is 7.33. The number of benzene rings is 4. The van der Waals surface area contributed by atoms with Gasteiger partial charge in [-0.25, -0.2) is 0 Å². The molecule has 0 aliphatic rings. The zero-order valence-electron chi connectivity index (χ0n) is 21.9. The SMILES string of the molecule is Cc1cc(N)ccc1CCc1ccc(CCCCc2ccc(CCc3ccc(N)cc3C)cc2)cc1.